The van der Waals surface area contributed by atoms with Crippen LogP contribution in [0.4, 0.5) is 4.79 Å². The van der Waals surface area contributed by atoms with Crippen LogP contribution in [0.5, 0.6) is 11.5 Å². The molecule has 0 bridgehead atoms. The second kappa shape index (κ2) is 7.34. The molecule has 23 heavy (non-hydrogen) atoms. The van der Waals surface area contributed by atoms with Gasteiger partial charge >= 0.3 is 6.03 Å². The molecule has 1 atom stereocenters. The average Bonchev–Trinajstić information content (AvgIpc) is 2.54. The molecule has 2 amide bonds. The van der Waals surface area contributed by atoms with Gasteiger partial charge in [-0.15, -0.1) is 0 Å². The number of nitrogens with two attached hydrogens (primary N) is 1. The number of primary amides is 1. The lowest BCUT2D eigenvalue weighted by molar-refractivity contribution is -0.0536. The summed E-state index contributed by atoms with van der Waals surface area (Å²) in [6.45, 7) is 3.59. The van der Waals surface area contributed by atoms with Crippen LogP contribution >= 0.6 is 0 Å². The van der Waals surface area contributed by atoms with Gasteiger partial charge in [0.15, 0.2) is 0 Å². The molecule has 0 aromatic heterocycles. The highest BCUT2D eigenvalue weighted by atomic mass is 16.5. The molecule has 0 aliphatic heterocycles. The predicted molar refractivity (Wildman–Crippen MR) is 87.2 cm³/mol. The second-order valence-corrected chi connectivity index (χ2v) is 5.07. The van der Waals surface area contributed by atoms with E-state index in [-0.39, 0.29) is 0 Å². The number of urea groups is 1. The number of rotatable bonds is 3. The summed E-state index contributed by atoms with van der Waals surface area (Å²) in [5.74, 6) is 7.02. The molecule has 2 rings (SSSR count). The Kier molecular flexibility index (Phi) is 5.23. The number of aryl methyl sites for hydroxylation is 1. The Hall–Kier alpha value is -2.97. The minimum Gasteiger partial charge on any atom is -0.457 e. The van der Waals surface area contributed by atoms with Crippen molar-refractivity contribution in [1.82, 2.24) is 5.06 Å². The molecule has 0 aliphatic carbocycles. The molecule has 118 valence electrons. The zero-order valence-electron chi connectivity index (χ0n) is 13.0. The number of nitrogens with zero attached hydrogens (tertiary/aromatic N) is 1. The Balaban J connectivity index is 2.11. The van der Waals surface area contributed by atoms with Crippen molar-refractivity contribution < 1.29 is 14.7 Å². The van der Waals surface area contributed by atoms with E-state index in [0.29, 0.717) is 16.4 Å². The van der Waals surface area contributed by atoms with E-state index >= 15 is 0 Å². The zero-order chi connectivity index (χ0) is 16.8. The number of ether oxygens (including phenoxy) is 1. The van der Waals surface area contributed by atoms with E-state index in [2.05, 4.69) is 11.8 Å². The fraction of sp³-hybridized carbons (Fsp3) is 0.167. The molecule has 0 spiro atoms. The molecule has 5 heteroatoms. The predicted octanol–water partition coefficient (Wildman–Crippen LogP) is 3.30. The smallest absolute Gasteiger partial charge is 0.339 e. The first kappa shape index (κ1) is 16.4. The number of carbonyl (C=O) groups is 1. The van der Waals surface area contributed by atoms with E-state index in [1.54, 1.807) is 13.0 Å². The van der Waals surface area contributed by atoms with Crippen molar-refractivity contribution in [3.05, 3.63) is 59.7 Å². The molecule has 2 aromatic carbocycles. The molecule has 0 fully saturated rings. The molecule has 2 aromatic rings. The standard InChI is InChI=1S/C18H18N2O3/c1-13-6-10-16(11-7-13)23-17-5-3-4-15(12-17)9-8-14(2)20(22)18(19)21/h3-7,10-12,14,22H,1-2H3,(H2,19,21). The van der Waals surface area contributed by atoms with E-state index in [4.69, 9.17) is 10.5 Å². The van der Waals surface area contributed by atoms with E-state index in [9.17, 15) is 10.0 Å². The Bertz CT molecular complexity index is 745. The monoisotopic (exact) mass is 310 g/mol. The van der Waals surface area contributed by atoms with Crippen LogP contribution in [-0.4, -0.2) is 22.3 Å². The summed E-state index contributed by atoms with van der Waals surface area (Å²) in [6, 6.07) is 13.3. The maximum absolute atomic E-state index is 10.8. The largest absolute Gasteiger partial charge is 0.457 e. The number of carbonyl (C=O) groups excluding carboxylic acids is 1. The van der Waals surface area contributed by atoms with Gasteiger partial charge in [-0.3, -0.25) is 5.21 Å². The second-order valence-electron chi connectivity index (χ2n) is 5.07. The van der Waals surface area contributed by atoms with Gasteiger partial charge in [-0.05, 0) is 44.2 Å². The Morgan fingerprint density at radius 1 is 1.22 bits per heavy atom. The highest BCUT2D eigenvalue weighted by molar-refractivity contribution is 5.71. The molecule has 0 heterocycles. The minimum atomic E-state index is -0.941. The Morgan fingerprint density at radius 3 is 2.57 bits per heavy atom. The van der Waals surface area contributed by atoms with Gasteiger partial charge in [0.05, 0.1) is 0 Å². The fourth-order valence-corrected chi connectivity index (χ4v) is 1.82. The number of amides is 2. The number of hydroxylamine groups is 2. The molecule has 3 N–H and O–H groups in total. The zero-order valence-corrected chi connectivity index (χ0v) is 13.0. The summed E-state index contributed by atoms with van der Waals surface area (Å²) < 4.78 is 5.76. The van der Waals surface area contributed by atoms with Gasteiger partial charge in [0.2, 0.25) is 0 Å². The lowest BCUT2D eigenvalue weighted by atomic mass is 10.2. The molecule has 1 unspecified atom stereocenters. The topological polar surface area (TPSA) is 75.8 Å². The first-order valence-electron chi connectivity index (χ1n) is 7.09. The van der Waals surface area contributed by atoms with Gasteiger partial charge in [-0.2, -0.15) is 5.06 Å². The number of hydrogen-bond acceptors (Lipinski definition) is 3. The molecule has 0 saturated carbocycles. The Labute approximate surface area is 135 Å². The summed E-state index contributed by atoms with van der Waals surface area (Å²) in [5, 5.41) is 9.76. The summed E-state index contributed by atoms with van der Waals surface area (Å²) in [7, 11) is 0. The van der Waals surface area contributed by atoms with E-state index in [1.807, 2.05) is 49.4 Å². The van der Waals surface area contributed by atoms with Crippen molar-refractivity contribution in [2.24, 2.45) is 5.73 Å². The molecule has 0 saturated heterocycles. The third-order valence-corrected chi connectivity index (χ3v) is 3.11. The van der Waals surface area contributed by atoms with Crippen LogP contribution in [0.1, 0.15) is 18.1 Å². The first-order valence-corrected chi connectivity index (χ1v) is 7.09. The van der Waals surface area contributed by atoms with Crippen molar-refractivity contribution in [2.45, 2.75) is 19.9 Å². The molecule has 0 aliphatic rings. The summed E-state index contributed by atoms with van der Waals surface area (Å²) >= 11 is 0. The van der Waals surface area contributed by atoms with Gasteiger partial charge in [0.1, 0.15) is 17.5 Å². The van der Waals surface area contributed by atoms with Crippen LogP contribution in [0.15, 0.2) is 48.5 Å². The van der Waals surface area contributed by atoms with Crippen molar-refractivity contribution in [1.29, 1.82) is 0 Å². The van der Waals surface area contributed by atoms with Crippen molar-refractivity contribution in [3.63, 3.8) is 0 Å². The van der Waals surface area contributed by atoms with Crippen molar-refractivity contribution in [3.8, 4) is 23.3 Å². The highest BCUT2D eigenvalue weighted by Crippen LogP contribution is 2.22. The fourth-order valence-electron chi connectivity index (χ4n) is 1.82. The summed E-state index contributed by atoms with van der Waals surface area (Å²) in [5.41, 5.74) is 6.84. The third kappa shape index (κ3) is 4.77. The van der Waals surface area contributed by atoms with Crippen LogP contribution in [0.25, 0.3) is 0 Å². The summed E-state index contributed by atoms with van der Waals surface area (Å²) in [4.78, 5) is 10.8. The molecule has 0 radical (unpaired) electrons. The van der Waals surface area contributed by atoms with Crippen LogP contribution in [0.2, 0.25) is 0 Å². The normalized spacial score (nSPS) is 11.1. The average molecular weight is 310 g/mol. The SMILES string of the molecule is Cc1ccc(Oc2cccc(C#CC(C)N(O)C(N)=O)c2)cc1. The van der Waals surface area contributed by atoms with Gasteiger partial charge in [-0.25, -0.2) is 4.79 Å². The van der Waals surface area contributed by atoms with Crippen LogP contribution in [0.3, 0.4) is 0 Å². The van der Waals surface area contributed by atoms with Gasteiger partial charge in [0, 0.05) is 5.56 Å². The van der Waals surface area contributed by atoms with E-state index in [0.717, 1.165) is 11.3 Å². The Morgan fingerprint density at radius 2 is 1.91 bits per heavy atom. The maximum atomic E-state index is 10.8. The molecule has 5 nitrogen and oxygen atoms in total. The van der Waals surface area contributed by atoms with Crippen molar-refractivity contribution >= 4 is 6.03 Å². The van der Waals surface area contributed by atoms with Crippen LogP contribution < -0.4 is 10.5 Å². The van der Waals surface area contributed by atoms with Crippen LogP contribution in [0, 0.1) is 18.8 Å². The van der Waals surface area contributed by atoms with Crippen molar-refractivity contribution in [2.75, 3.05) is 0 Å². The molecular weight excluding hydrogens is 292 g/mol. The lowest BCUT2D eigenvalue weighted by Gasteiger charge is -2.14. The van der Waals surface area contributed by atoms with Crippen LogP contribution in [-0.2, 0) is 0 Å². The molecular formula is C18H18N2O3. The quantitative estimate of drug-likeness (QED) is 0.519. The first-order chi connectivity index (χ1) is 11.0. The lowest BCUT2D eigenvalue weighted by Crippen LogP contribution is -2.38. The minimum absolute atomic E-state index is 0.389. The van der Waals surface area contributed by atoms with E-state index in [1.165, 1.54) is 0 Å². The maximum Gasteiger partial charge on any atom is 0.339 e. The van der Waals surface area contributed by atoms with Gasteiger partial charge < -0.3 is 10.5 Å². The number of hydrogen-bond donors (Lipinski definition) is 2. The van der Waals surface area contributed by atoms with Gasteiger partial charge in [0.25, 0.3) is 0 Å². The van der Waals surface area contributed by atoms with E-state index < -0.39 is 12.1 Å². The number of benzene rings is 2. The highest BCUT2D eigenvalue weighted by Gasteiger charge is 2.11. The van der Waals surface area contributed by atoms with Gasteiger partial charge in [-0.1, -0.05) is 35.6 Å². The summed E-state index contributed by atoms with van der Waals surface area (Å²) in [6.07, 6.45) is 0. The third-order valence-electron chi connectivity index (χ3n) is 3.11.